The number of amides is 1. The summed E-state index contributed by atoms with van der Waals surface area (Å²) in [4.78, 5) is 12.8. The number of aryl methyl sites for hydroxylation is 2. The van der Waals surface area contributed by atoms with E-state index in [1.165, 1.54) is 4.31 Å². The SMILES string of the molecule is COc1ccc(OCCNC(=O)C2CCN(S(=O)(=O)c3ccc(C)cc3C)CC2)cc1. The highest BCUT2D eigenvalue weighted by atomic mass is 32.2. The molecule has 8 heteroatoms. The van der Waals surface area contributed by atoms with Crippen molar-refractivity contribution in [3.05, 3.63) is 53.6 Å². The highest BCUT2D eigenvalue weighted by Gasteiger charge is 2.32. The minimum atomic E-state index is -3.54. The van der Waals surface area contributed by atoms with Crippen LogP contribution >= 0.6 is 0 Å². The molecule has 31 heavy (non-hydrogen) atoms. The van der Waals surface area contributed by atoms with Gasteiger partial charge in [0.2, 0.25) is 15.9 Å². The predicted molar refractivity (Wildman–Crippen MR) is 119 cm³/mol. The van der Waals surface area contributed by atoms with Crippen molar-refractivity contribution >= 4 is 15.9 Å². The van der Waals surface area contributed by atoms with Crippen LogP contribution < -0.4 is 14.8 Å². The van der Waals surface area contributed by atoms with Crippen LogP contribution in [0.1, 0.15) is 24.0 Å². The molecule has 1 heterocycles. The number of nitrogens with zero attached hydrogens (tertiary/aromatic N) is 1. The maximum Gasteiger partial charge on any atom is 0.243 e. The summed E-state index contributed by atoms with van der Waals surface area (Å²) in [5.74, 6) is 1.22. The third kappa shape index (κ3) is 5.77. The van der Waals surface area contributed by atoms with E-state index in [1.54, 1.807) is 13.2 Å². The van der Waals surface area contributed by atoms with Gasteiger partial charge < -0.3 is 14.8 Å². The van der Waals surface area contributed by atoms with Crippen molar-refractivity contribution in [3.8, 4) is 11.5 Å². The van der Waals surface area contributed by atoms with Gasteiger partial charge in [-0.05, 0) is 62.6 Å². The van der Waals surface area contributed by atoms with E-state index in [-0.39, 0.29) is 11.8 Å². The molecule has 0 radical (unpaired) electrons. The van der Waals surface area contributed by atoms with Gasteiger partial charge in [-0.15, -0.1) is 0 Å². The minimum absolute atomic E-state index is 0.0538. The van der Waals surface area contributed by atoms with Crippen molar-refractivity contribution in [2.45, 2.75) is 31.6 Å². The lowest BCUT2D eigenvalue weighted by Crippen LogP contribution is -2.43. The van der Waals surface area contributed by atoms with Crippen LogP contribution in [0.5, 0.6) is 11.5 Å². The molecule has 1 aliphatic rings. The van der Waals surface area contributed by atoms with Gasteiger partial charge in [-0.3, -0.25) is 4.79 Å². The number of carbonyl (C=O) groups excluding carboxylic acids is 1. The third-order valence-electron chi connectivity index (χ3n) is 5.50. The van der Waals surface area contributed by atoms with Crippen molar-refractivity contribution < 1.29 is 22.7 Å². The molecule has 0 spiro atoms. The summed E-state index contributed by atoms with van der Waals surface area (Å²) in [6.07, 6.45) is 1.02. The maximum absolute atomic E-state index is 13.0. The summed E-state index contributed by atoms with van der Waals surface area (Å²) in [7, 11) is -1.94. The zero-order valence-corrected chi connectivity index (χ0v) is 19.1. The Labute approximate surface area is 184 Å². The van der Waals surface area contributed by atoms with Crippen LogP contribution in [0.4, 0.5) is 0 Å². The number of hydrogen-bond donors (Lipinski definition) is 1. The molecule has 0 unspecified atom stereocenters. The average molecular weight is 447 g/mol. The Morgan fingerprint density at radius 2 is 1.71 bits per heavy atom. The predicted octanol–water partition coefficient (Wildman–Crippen LogP) is 2.91. The molecule has 168 valence electrons. The van der Waals surface area contributed by atoms with Crippen LogP contribution in [0.15, 0.2) is 47.4 Å². The zero-order valence-electron chi connectivity index (χ0n) is 18.3. The third-order valence-corrected chi connectivity index (χ3v) is 7.56. The number of methoxy groups -OCH3 is 1. The van der Waals surface area contributed by atoms with Crippen LogP contribution in [-0.2, 0) is 14.8 Å². The Morgan fingerprint density at radius 1 is 1.06 bits per heavy atom. The van der Waals surface area contributed by atoms with Crippen LogP contribution in [0.25, 0.3) is 0 Å². The van der Waals surface area contributed by atoms with Gasteiger partial charge in [0.1, 0.15) is 18.1 Å². The highest BCUT2D eigenvalue weighted by Crippen LogP contribution is 2.26. The lowest BCUT2D eigenvalue weighted by molar-refractivity contribution is -0.126. The number of rotatable bonds is 8. The fourth-order valence-electron chi connectivity index (χ4n) is 3.75. The maximum atomic E-state index is 13.0. The molecule has 0 atom stereocenters. The number of sulfonamides is 1. The van der Waals surface area contributed by atoms with Gasteiger partial charge in [0.15, 0.2) is 0 Å². The molecule has 2 aromatic rings. The number of hydrogen-bond acceptors (Lipinski definition) is 5. The van der Waals surface area contributed by atoms with Gasteiger partial charge in [-0.25, -0.2) is 8.42 Å². The van der Waals surface area contributed by atoms with Gasteiger partial charge in [0, 0.05) is 19.0 Å². The standard InChI is InChI=1S/C23H30N2O5S/c1-17-4-9-22(18(2)16-17)31(27,28)25-13-10-19(11-14-25)23(26)24-12-15-30-21-7-5-20(29-3)6-8-21/h4-9,16,19H,10-15H2,1-3H3,(H,24,26). The smallest absolute Gasteiger partial charge is 0.243 e. The van der Waals surface area contributed by atoms with Crippen LogP contribution in [-0.4, -0.2) is 52.0 Å². The van der Waals surface area contributed by atoms with E-state index in [1.807, 2.05) is 50.2 Å². The molecule has 1 aliphatic heterocycles. The van der Waals surface area contributed by atoms with E-state index >= 15 is 0 Å². The molecule has 1 N–H and O–H groups in total. The Morgan fingerprint density at radius 3 is 2.32 bits per heavy atom. The van der Waals surface area contributed by atoms with E-state index in [9.17, 15) is 13.2 Å². The molecular formula is C23H30N2O5S. The molecule has 1 amide bonds. The molecular weight excluding hydrogens is 416 g/mol. The van der Waals surface area contributed by atoms with Crippen molar-refractivity contribution in [1.29, 1.82) is 0 Å². The Balaban J connectivity index is 1.44. The first kappa shape index (κ1) is 23.1. The van der Waals surface area contributed by atoms with E-state index < -0.39 is 10.0 Å². The summed E-state index contributed by atoms with van der Waals surface area (Å²) in [5.41, 5.74) is 1.78. The average Bonchev–Trinajstić information content (AvgIpc) is 2.77. The van der Waals surface area contributed by atoms with Crippen molar-refractivity contribution in [2.24, 2.45) is 5.92 Å². The van der Waals surface area contributed by atoms with E-state index in [2.05, 4.69) is 5.32 Å². The van der Waals surface area contributed by atoms with Gasteiger partial charge in [-0.2, -0.15) is 4.31 Å². The number of piperidine rings is 1. The van der Waals surface area contributed by atoms with Gasteiger partial charge >= 0.3 is 0 Å². The Bertz CT molecular complexity index is 997. The number of nitrogens with one attached hydrogen (secondary N) is 1. The second-order valence-corrected chi connectivity index (χ2v) is 9.67. The fraction of sp³-hybridized carbons (Fsp3) is 0.435. The number of benzene rings is 2. The largest absolute Gasteiger partial charge is 0.497 e. The Kier molecular flexibility index (Phi) is 7.56. The first-order valence-corrected chi connectivity index (χ1v) is 11.9. The van der Waals surface area contributed by atoms with E-state index in [4.69, 9.17) is 9.47 Å². The number of ether oxygens (including phenoxy) is 2. The van der Waals surface area contributed by atoms with Crippen molar-refractivity contribution in [2.75, 3.05) is 33.4 Å². The fourth-order valence-corrected chi connectivity index (χ4v) is 5.42. The summed E-state index contributed by atoms with van der Waals surface area (Å²) >= 11 is 0. The molecule has 1 fully saturated rings. The molecule has 7 nitrogen and oxygen atoms in total. The highest BCUT2D eigenvalue weighted by molar-refractivity contribution is 7.89. The molecule has 3 rings (SSSR count). The quantitative estimate of drug-likeness (QED) is 0.631. The summed E-state index contributed by atoms with van der Waals surface area (Å²) in [5, 5.41) is 2.89. The number of carbonyl (C=O) groups is 1. The summed E-state index contributed by atoms with van der Waals surface area (Å²) in [6, 6.07) is 12.6. The first-order valence-electron chi connectivity index (χ1n) is 10.4. The van der Waals surface area contributed by atoms with Gasteiger partial charge in [-0.1, -0.05) is 17.7 Å². The van der Waals surface area contributed by atoms with Crippen molar-refractivity contribution in [1.82, 2.24) is 9.62 Å². The van der Waals surface area contributed by atoms with Crippen LogP contribution in [0.3, 0.4) is 0 Å². The normalized spacial score (nSPS) is 15.5. The molecule has 0 saturated carbocycles. The molecule has 0 aromatic heterocycles. The minimum Gasteiger partial charge on any atom is -0.497 e. The lowest BCUT2D eigenvalue weighted by atomic mass is 9.97. The topological polar surface area (TPSA) is 84.9 Å². The van der Waals surface area contributed by atoms with E-state index in [0.717, 1.165) is 16.9 Å². The summed E-state index contributed by atoms with van der Waals surface area (Å²) < 4.78 is 38.2. The van der Waals surface area contributed by atoms with Gasteiger partial charge in [0.25, 0.3) is 0 Å². The Hall–Kier alpha value is -2.58. The molecule has 1 saturated heterocycles. The second kappa shape index (κ2) is 10.2. The monoisotopic (exact) mass is 446 g/mol. The molecule has 0 aliphatic carbocycles. The molecule has 2 aromatic carbocycles. The van der Waals surface area contributed by atoms with E-state index in [0.29, 0.717) is 49.7 Å². The molecule has 0 bridgehead atoms. The van der Waals surface area contributed by atoms with Crippen LogP contribution in [0.2, 0.25) is 0 Å². The first-order chi connectivity index (χ1) is 14.8. The van der Waals surface area contributed by atoms with Crippen LogP contribution in [0, 0.1) is 19.8 Å². The zero-order chi connectivity index (χ0) is 22.4. The summed E-state index contributed by atoms with van der Waals surface area (Å²) in [6.45, 7) is 5.19. The second-order valence-electron chi connectivity index (χ2n) is 7.76. The van der Waals surface area contributed by atoms with Crippen molar-refractivity contribution in [3.63, 3.8) is 0 Å². The van der Waals surface area contributed by atoms with Gasteiger partial charge in [0.05, 0.1) is 18.6 Å². The lowest BCUT2D eigenvalue weighted by Gasteiger charge is -2.31.